The number of fused-ring (bicyclic) bond motifs is 1. The van der Waals surface area contributed by atoms with Crippen LogP contribution >= 0.6 is 12.4 Å². The van der Waals surface area contributed by atoms with E-state index in [-0.39, 0.29) is 18.3 Å². The van der Waals surface area contributed by atoms with Crippen molar-refractivity contribution in [3.63, 3.8) is 0 Å². The Hall–Kier alpha value is -1.56. The molecule has 2 N–H and O–H groups in total. The largest absolute Gasteiger partial charge is 0.488 e. The average Bonchev–Trinajstić information content (AvgIpc) is 2.55. The standard InChI is InChI=1S/C16H21N3O2.ClH/c20-16(18-7-10-19-8-5-17-6-9-19)14-11-13-3-1-2-4-15(13)21-12-14;/h1-4,11,17H,5-10,12H2,(H,18,20);1H. The van der Waals surface area contributed by atoms with Gasteiger partial charge in [0.25, 0.3) is 5.91 Å². The van der Waals surface area contributed by atoms with Crippen molar-refractivity contribution >= 4 is 24.4 Å². The number of nitrogens with zero attached hydrogens (tertiary/aromatic N) is 1. The zero-order valence-electron chi connectivity index (χ0n) is 12.5. The molecule has 2 heterocycles. The van der Waals surface area contributed by atoms with Crippen molar-refractivity contribution in [1.82, 2.24) is 15.5 Å². The summed E-state index contributed by atoms with van der Waals surface area (Å²) < 4.78 is 5.61. The van der Waals surface area contributed by atoms with Crippen LogP contribution in [0, 0.1) is 0 Å². The van der Waals surface area contributed by atoms with Gasteiger partial charge in [0.2, 0.25) is 0 Å². The average molecular weight is 324 g/mol. The molecule has 1 saturated heterocycles. The molecule has 22 heavy (non-hydrogen) atoms. The number of hydrogen-bond acceptors (Lipinski definition) is 4. The summed E-state index contributed by atoms with van der Waals surface area (Å²) >= 11 is 0. The molecular formula is C16H22ClN3O2. The number of piperazine rings is 1. The molecule has 1 aromatic rings. The molecule has 6 heteroatoms. The van der Waals surface area contributed by atoms with Gasteiger partial charge in [-0.25, -0.2) is 0 Å². The van der Waals surface area contributed by atoms with Gasteiger partial charge in [-0.05, 0) is 12.1 Å². The second-order valence-corrected chi connectivity index (χ2v) is 5.34. The molecule has 5 nitrogen and oxygen atoms in total. The van der Waals surface area contributed by atoms with Gasteiger partial charge in [-0.2, -0.15) is 0 Å². The zero-order valence-corrected chi connectivity index (χ0v) is 13.3. The van der Waals surface area contributed by atoms with Crippen LogP contribution in [-0.4, -0.2) is 56.7 Å². The number of rotatable bonds is 4. The Balaban J connectivity index is 0.00000176. The van der Waals surface area contributed by atoms with Crippen molar-refractivity contribution in [2.45, 2.75) is 0 Å². The lowest BCUT2D eigenvalue weighted by Crippen LogP contribution is -2.46. The lowest BCUT2D eigenvalue weighted by Gasteiger charge is -2.27. The first-order valence-corrected chi connectivity index (χ1v) is 7.46. The van der Waals surface area contributed by atoms with E-state index >= 15 is 0 Å². The molecule has 2 aliphatic heterocycles. The van der Waals surface area contributed by atoms with E-state index in [1.807, 2.05) is 30.3 Å². The first kappa shape index (κ1) is 16.8. The van der Waals surface area contributed by atoms with Gasteiger partial charge in [-0.1, -0.05) is 18.2 Å². The topological polar surface area (TPSA) is 53.6 Å². The van der Waals surface area contributed by atoms with Crippen molar-refractivity contribution in [3.8, 4) is 5.75 Å². The molecule has 0 bridgehead atoms. The summed E-state index contributed by atoms with van der Waals surface area (Å²) in [6.45, 7) is 6.09. The highest BCUT2D eigenvalue weighted by atomic mass is 35.5. The molecule has 1 amide bonds. The first-order chi connectivity index (χ1) is 10.3. The Kier molecular flexibility index (Phi) is 6.24. The smallest absolute Gasteiger partial charge is 0.250 e. The number of hydrogen-bond donors (Lipinski definition) is 2. The lowest BCUT2D eigenvalue weighted by atomic mass is 10.1. The van der Waals surface area contributed by atoms with Crippen LogP contribution in [0.4, 0.5) is 0 Å². The minimum Gasteiger partial charge on any atom is -0.488 e. The molecule has 120 valence electrons. The summed E-state index contributed by atoms with van der Waals surface area (Å²) in [4.78, 5) is 14.5. The highest BCUT2D eigenvalue weighted by Crippen LogP contribution is 2.25. The Labute approximate surface area is 137 Å². The fourth-order valence-corrected chi connectivity index (χ4v) is 2.62. The Morgan fingerprint density at radius 3 is 2.86 bits per heavy atom. The molecule has 3 rings (SSSR count). The van der Waals surface area contributed by atoms with Crippen molar-refractivity contribution in [3.05, 3.63) is 35.4 Å². The number of halogens is 1. The molecule has 2 aliphatic rings. The van der Waals surface area contributed by atoms with Crippen LogP contribution < -0.4 is 15.4 Å². The van der Waals surface area contributed by atoms with Gasteiger partial charge in [-0.3, -0.25) is 9.69 Å². The minimum absolute atomic E-state index is 0. The fourth-order valence-electron chi connectivity index (χ4n) is 2.62. The molecular weight excluding hydrogens is 302 g/mol. The number of nitrogens with one attached hydrogen (secondary N) is 2. The minimum atomic E-state index is -0.0281. The maximum Gasteiger partial charge on any atom is 0.250 e. The second-order valence-electron chi connectivity index (χ2n) is 5.34. The van der Waals surface area contributed by atoms with Gasteiger partial charge in [-0.15, -0.1) is 12.4 Å². The lowest BCUT2D eigenvalue weighted by molar-refractivity contribution is -0.117. The van der Waals surface area contributed by atoms with Crippen LogP contribution in [0.3, 0.4) is 0 Å². The van der Waals surface area contributed by atoms with Gasteiger partial charge >= 0.3 is 0 Å². The van der Waals surface area contributed by atoms with Crippen molar-refractivity contribution < 1.29 is 9.53 Å². The van der Waals surface area contributed by atoms with Crippen LogP contribution in [0.5, 0.6) is 5.75 Å². The van der Waals surface area contributed by atoms with E-state index in [4.69, 9.17) is 4.74 Å². The summed E-state index contributed by atoms with van der Waals surface area (Å²) in [5.74, 6) is 0.814. The highest BCUT2D eigenvalue weighted by Gasteiger charge is 2.17. The normalized spacial score (nSPS) is 17.5. The molecule has 0 aliphatic carbocycles. The third-order valence-electron chi connectivity index (χ3n) is 3.85. The highest BCUT2D eigenvalue weighted by molar-refractivity contribution is 5.99. The molecule has 0 aromatic heterocycles. The molecule has 0 radical (unpaired) electrons. The third-order valence-corrected chi connectivity index (χ3v) is 3.85. The van der Waals surface area contributed by atoms with E-state index in [0.717, 1.165) is 44.0 Å². The summed E-state index contributed by atoms with van der Waals surface area (Å²) in [6.07, 6.45) is 1.92. The van der Waals surface area contributed by atoms with Crippen LogP contribution in [0.25, 0.3) is 6.08 Å². The maximum absolute atomic E-state index is 12.2. The van der Waals surface area contributed by atoms with E-state index in [9.17, 15) is 4.79 Å². The van der Waals surface area contributed by atoms with Crippen molar-refractivity contribution in [2.24, 2.45) is 0 Å². The molecule has 1 fully saturated rings. The summed E-state index contributed by atoms with van der Waals surface area (Å²) in [5.41, 5.74) is 1.66. The van der Waals surface area contributed by atoms with Crippen LogP contribution in [-0.2, 0) is 4.79 Å². The number of para-hydroxylation sites is 1. The Morgan fingerprint density at radius 1 is 1.27 bits per heavy atom. The monoisotopic (exact) mass is 323 g/mol. The van der Waals surface area contributed by atoms with E-state index in [1.54, 1.807) is 0 Å². The SMILES string of the molecule is Cl.O=C(NCCN1CCNCC1)C1=Cc2ccccc2OC1. The van der Waals surface area contributed by atoms with E-state index in [0.29, 0.717) is 18.7 Å². The van der Waals surface area contributed by atoms with Crippen LogP contribution in [0.15, 0.2) is 29.8 Å². The summed E-state index contributed by atoms with van der Waals surface area (Å²) in [5, 5.41) is 6.30. The number of benzene rings is 1. The quantitative estimate of drug-likeness (QED) is 0.864. The molecule has 0 spiro atoms. The maximum atomic E-state index is 12.2. The number of carbonyl (C=O) groups is 1. The van der Waals surface area contributed by atoms with E-state index < -0.39 is 0 Å². The van der Waals surface area contributed by atoms with Crippen molar-refractivity contribution in [2.75, 3.05) is 45.9 Å². The summed E-state index contributed by atoms with van der Waals surface area (Å²) in [6, 6.07) is 7.77. The van der Waals surface area contributed by atoms with Crippen molar-refractivity contribution in [1.29, 1.82) is 0 Å². The molecule has 0 unspecified atom stereocenters. The van der Waals surface area contributed by atoms with Gasteiger partial charge in [0.1, 0.15) is 12.4 Å². The van der Waals surface area contributed by atoms with E-state index in [2.05, 4.69) is 15.5 Å². The Bertz CT molecular complexity index is 542. The molecule has 0 atom stereocenters. The van der Waals surface area contributed by atoms with Crippen LogP contribution in [0.1, 0.15) is 5.56 Å². The predicted octanol–water partition coefficient (Wildman–Crippen LogP) is 0.906. The Morgan fingerprint density at radius 2 is 2.05 bits per heavy atom. The van der Waals surface area contributed by atoms with E-state index in [1.165, 1.54) is 0 Å². The van der Waals surface area contributed by atoms with Gasteiger partial charge in [0.05, 0.1) is 5.57 Å². The second kappa shape index (κ2) is 8.17. The van der Waals surface area contributed by atoms with Gasteiger partial charge < -0.3 is 15.4 Å². The molecule has 0 saturated carbocycles. The number of carbonyl (C=O) groups excluding carboxylic acids is 1. The number of ether oxygens (including phenoxy) is 1. The molecule has 1 aromatic carbocycles. The van der Waals surface area contributed by atoms with Crippen LogP contribution in [0.2, 0.25) is 0 Å². The first-order valence-electron chi connectivity index (χ1n) is 7.46. The fraction of sp³-hybridized carbons (Fsp3) is 0.438. The predicted molar refractivity (Wildman–Crippen MR) is 89.5 cm³/mol. The zero-order chi connectivity index (χ0) is 14.5. The summed E-state index contributed by atoms with van der Waals surface area (Å²) in [7, 11) is 0. The van der Waals surface area contributed by atoms with Gasteiger partial charge in [0.15, 0.2) is 0 Å². The third kappa shape index (κ3) is 4.22. The van der Waals surface area contributed by atoms with Gasteiger partial charge in [0, 0.05) is 44.8 Å². The number of amides is 1.